The zero-order chi connectivity index (χ0) is 9.35. The van der Waals surface area contributed by atoms with Gasteiger partial charge in [-0.05, 0) is 0 Å². The molecule has 4 heteroatoms. The van der Waals surface area contributed by atoms with E-state index in [1.807, 2.05) is 20.8 Å². The van der Waals surface area contributed by atoms with Crippen molar-refractivity contribution >= 4 is 11.7 Å². The standard InChI is InChI=1S/C8H14N2O2/c1-8(2,3)7-9-5(11)4-6(12)10-7/h5,11H,4H2,1-3H3,(H,9,10,12). The van der Waals surface area contributed by atoms with Crippen molar-refractivity contribution in [3.8, 4) is 0 Å². The number of carbonyl (C=O) groups is 1. The zero-order valence-corrected chi connectivity index (χ0v) is 7.59. The van der Waals surface area contributed by atoms with Gasteiger partial charge in [-0.15, -0.1) is 0 Å². The second-order valence-corrected chi connectivity index (χ2v) is 3.96. The Morgan fingerprint density at radius 1 is 1.58 bits per heavy atom. The van der Waals surface area contributed by atoms with Crippen LogP contribution in [0.3, 0.4) is 0 Å². The molecule has 1 rings (SSSR count). The highest BCUT2D eigenvalue weighted by atomic mass is 16.3. The van der Waals surface area contributed by atoms with Gasteiger partial charge in [-0.3, -0.25) is 4.79 Å². The predicted octanol–water partition coefficient (Wildman–Crippen LogP) is 0.269. The minimum atomic E-state index is -0.868. The quantitative estimate of drug-likeness (QED) is 0.548. The van der Waals surface area contributed by atoms with E-state index >= 15 is 0 Å². The van der Waals surface area contributed by atoms with Crippen LogP contribution in [-0.2, 0) is 4.79 Å². The molecule has 0 aliphatic carbocycles. The van der Waals surface area contributed by atoms with Crippen molar-refractivity contribution < 1.29 is 9.90 Å². The van der Waals surface area contributed by atoms with Gasteiger partial charge < -0.3 is 10.4 Å². The Bertz CT molecular complexity index is 228. The summed E-state index contributed by atoms with van der Waals surface area (Å²) in [5.74, 6) is 0.397. The molecule has 1 aliphatic heterocycles. The molecular formula is C8H14N2O2. The van der Waals surface area contributed by atoms with Crippen LogP contribution in [0.25, 0.3) is 0 Å². The monoisotopic (exact) mass is 170 g/mol. The van der Waals surface area contributed by atoms with Gasteiger partial charge in [0.1, 0.15) is 5.84 Å². The summed E-state index contributed by atoms with van der Waals surface area (Å²) < 4.78 is 0. The molecule has 1 unspecified atom stereocenters. The molecule has 0 spiro atoms. The van der Waals surface area contributed by atoms with Crippen LogP contribution in [0.15, 0.2) is 4.99 Å². The van der Waals surface area contributed by atoms with Crippen molar-refractivity contribution in [2.24, 2.45) is 10.4 Å². The number of hydrogen-bond donors (Lipinski definition) is 2. The highest BCUT2D eigenvalue weighted by Crippen LogP contribution is 2.17. The van der Waals surface area contributed by atoms with Gasteiger partial charge >= 0.3 is 0 Å². The largest absolute Gasteiger partial charge is 0.371 e. The van der Waals surface area contributed by atoms with Crippen LogP contribution < -0.4 is 5.32 Å². The summed E-state index contributed by atoms with van der Waals surface area (Å²) in [6, 6.07) is 0. The summed E-state index contributed by atoms with van der Waals surface area (Å²) in [7, 11) is 0. The summed E-state index contributed by atoms with van der Waals surface area (Å²) in [4.78, 5) is 14.9. The second-order valence-electron chi connectivity index (χ2n) is 3.96. The molecule has 0 bridgehead atoms. The van der Waals surface area contributed by atoms with Gasteiger partial charge in [0.25, 0.3) is 0 Å². The third-order valence-corrected chi connectivity index (χ3v) is 1.61. The number of amides is 1. The maximum absolute atomic E-state index is 11.0. The van der Waals surface area contributed by atoms with Crippen molar-refractivity contribution in [3.63, 3.8) is 0 Å². The van der Waals surface area contributed by atoms with Crippen molar-refractivity contribution in [1.29, 1.82) is 0 Å². The Kier molecular flexibility index (Phi) is 2.19. The molecule has 0 saturated heterocycles. The van der Waals surface area contributed by atoms with Gasteiger partial charge in [0, 0.05) is 5.41 Å². The molecule has 0 aromatic carbocycles. The summed E-state index contributed by atoms with van der Waals surface area (Å²) >= 11 is 0. The summed E-state index contributed by atoms with van der Waals surface area (Å²) in [5, 5.41) is 11.8. The lowest BCUT2D eigenvalue weighted by Crippen LogP contribution is -2.44. The number of nitrogens with zero attached hydrogens (tertiary/aromatic N) is 1. The van der Waals surface area contributed by atoms with E-state index in [9.17, 15) is 4.79 Å². The highest BCUT2D eigenvalue weighted by molar-refractivity contribution is 6.02. The molecule has 2 N–H and O–H groups in total. The number of aliphatic hydroxyl groups is 1. The fourth-order valence-electron chi connectivity index (χ4n) is 0.957. The van der Waals surface area contributed by atoms with E-state index in [2.05, 4.69) is 10.3 Å². The van der Waals surface area contributed by atoms with Crippen LogP contribution in [0.5, 0.6) is 0 Å². The van der Waals surface area contributed by atoms with E-state index in [1.54, 1.807) is 0 Å². The molecule has 0 aromatic rings. The van der Waals surface area contributed by atoms with E-state index in [1.165, 1.54) is 0 Å². The Hall–Kier alpha value is -0.900. The number of nitrogens with one attached hydrogen (secondary N) is 1. The molecule has 1 heterocycles. The van der Waals surface area contributed by atoms with Gasteiger partial charge in [-0.1, -0.05) is 20.8 Å². The lowest BCUT2D eigenvalue weighted by Gasteiger charge is -2.26. The Balaban J connectivity index is 2.84. The van der Waals surface area contributed by atoms with Crippen LogP contribution in [0, 0.1) is 5.41 Å². The highest BCUT2D eigenvalue weighted by Gasteiger charge is 2.26. The van der Waals surface area contributed by atoms with Crippen LogP contribution in [-0.4, -0.2) is 23.1 Å². The number of hydrogen-bond acceptors (Lipinski definition) is 3. The molecule has 0 fully saturated rings. The topological polar surface area (TPSA) is 61.7 Å². The Morgan fingerprint density at radius 3 is 2.58 bits per heavy atom. The minimum absolute atomic E-state index is 0.0690. The molecule has 1 amide bonds. The van der Waals surface area contributed by atoms with Crippen molar-refractivity contribution in [2.75, 3.05) is 0 Å². The zero-order valence-electron chi connectivity index (χ0n) is 7.59. The SMILES string of the molecule is CC(C)(C)C1=NC(O)CC(=O)N1. The summed E-state index contributed by atoms with van der Waals surface area (Å²) in [5.41, 5.74) is -0.211. The predicted molar refractivity (Wildman–Crippen MR) is 45.7 cm³/mol. The van der Waals surface area contributed by atoms with Crippen molar-refractivity contribution in [3.05, 3.63) is 0 Å². The fourth-order valence-corrected chi connectivity index (χ4v) is 0.957. The summed E-state index contributed by atoms with van der Waals surface area (Å²) in [6.07, 6.45) is -0.799. The first-order valence-electron chi connectivity index (χ1n) is 3.96. The number of carbonyl (C=O) groups excluding carboxylic acids is 1. The van der Waals surface area contributed by atoms with E-state index in [4.69, 9.17) is 5.11 Å². The molecule has 0 radical (unpaired) electrons. The normalized spacial score (nSPS) is 24.8. The Morgan fingerprint density at radius 2 is 2.17 bits per heavy atom. The maximum Gasteiger partial charge on any atom is 0.229 e. The number of amidine groups is 1. The third-order valence-electron chi connectivity index (χ3n) is 1.61. The number of aliphatic hydroxyl groups excluding tert-OH is 1. The lowest BCUT2D eigenvalue weighted by atomic mass is 9.94. The van der Waals surface area contributed by atoms with Gasteiger partial charge in [0.2, 0.25) is 5.91 Å². The maximum atomic E-state index is 11.0. The van der Waals surface area contributed by atoms with Gasteiger partial charge in [-0.25, -0.2) is 4.99 Å². The smallest absolute Gasteiger partial charge is 0.229 e. The first-order valence-corrected chi connectivity index (χ1v) is 3.96. The van der Waals surface area contributed by atoms with Crippen molar-refractivity contribution in [2.45, 2.75) is 33.4 Å². The van der Waals surface area contributed by atoms with Crippen LogP contribution >= 0.6 is 0 Å². The molecule has 0 aromatic heterocycles. The third kappa shape index (κ3) is 2.04. The van der Waals surface area contributed by atoms with E-state index in [0.29, 0.717) is 5.84 Å². The molecule has 4 nitrogen and oxygen atoms in total. The molecule has 12 heavy (non-hydrogen) atoms. The number of aliphatic imine (C=N–C) groups is 1. The first-order chi connectivity index (χ1) is 5.39. The Labute approximate surface area is 71.7 Å². The van der Waals surface area contributed by atoms with Gasteiger partial charge in [0.15, 0.2) is 6.23 Å². The van der Waals surface area contributed by atoms with E-state index in [0.717, 1.165) is 0 Å². The molecule has 68 valence electrons. The minimum Gasteiger partial charge on any atom is -0.371 e. The second kappa shape index (κ2) is 2.86. The molecule has 1 atom stereocenters. The van der Waals surface area contributed by atoms with Gasteiger partial charge in [0.05, 0.1) is 6.42 Å². The lowest BCUT2D eigenvalue weighted by molar-refractivity contribution is -0.122. The van der Waals surface area contributed by atoms with E-state index in [-0.39, 0.29) is 17.7 Å². The first kappa shape index (κ1) is 9.19. The van der Waals surface area contributed by atoms with Gasteiger partial charge in [-0.2, -0.15) is 0 Å². The number of rotatable bonds is 0. The van der Waals surface area contributed by atoms with Crippen LogP contribution in [0.4, 0.5) is 0 Å². The van der Waals surface area contributed by atoms with Crippen molar-refractivity contribution in [1.82, 2.24) is 5.32 Å². The van der Waals surface area contributed by atoms with Crippen LogP contribution in [0.1, 0.15) is 27.2 Å². The average molecular weight is 170 g/mol. The summed E-state index contributed by atoms with van der Waals surface area (Å²) in [6.45, 7) is 5.80. The molecule has 1 aliphatic rings. The average Bonchev–Trinajstić information content (AvgIpc) is 1.82. The van der Waals surface area contributed by atoms with Crippen LogP contribution in [0.2, 0.25) is 0 Å². The molecule has 0 saturated carbocycles. The van der Waals surface area contributed by atoms with E-state index < -0.39 is 6.23 Å². The fraction of sp³-hybridized carbons (Fsp3) is 0.750. The molecular weight excluding hydrogens is 156 g/mol.